The molecule has 38 heavy (non-hydrogen) atoms. The van der Waals surface area contributed by atoms with Crippen molar-refractivity contribution in [2.45, 2.75) is 39.3 Å². The quantitative estimate of drug-likeness (QED) is 0.121. The fourth-order valence-electron chi connectivity index (χ4n) is 3.49. The van der Waals surface area contributed by atoms with Crippen LogP contribution in [0.3, 0.4) is 0 Å². The summed E-state index contributed by atoms with van der Waals surface area (Å²) in [5.41, 5.74) is 9.52. The van der Waals surface area contributed by atoms with Gasteiger partial charge in [-0.1, -0.05) is 42.5 Å². The average Bonchev–Trinajstić information content (AvgIpc) is 3.23. The van der Waals surface area contributed by atoms with Gasteiger partial charge in [-0.2, -0.15) is 5.26 Å². The number of hydrogen-bond donors (Lipinski definition) is 3. The van der Waals surface area contributed by atoms with Crippen molar-refractivity contribution in [1.29, 1.82) is 5.26 Å². The van der Waals surface area contributed by atoms with E-state index >= 15 is 0 Å². The first-order chi connectivity index (χ1) is 18.1. The number of anilines is 1. The summed E-state index contributed by atoms with van der Waals surface area (Å²) < 4.78 is 6.69. The van der Waals surface area contributed by atoms with E-state index in [1.165, 1.54) is 12.4 Å². The molecule has 0 spiro atoms. The molecule has 2 aromatic heterocycles. The van der Waals surface area contributed by atoms with Gasteiger partial charge in [0.1, 0.15) is 36.0 Å². The maximum atomic E-state index is 11.2. The number of aldehydes is 1. The third-order valence-corrected chi connectivity index (χ3v) is 5.81. The van der Waals surface area contributed by atoms with Gasteiger partial charge in [0.05, 0.1) is 16.7 Å². The zero-order valence-electron chi connectivity index (χ0n) is 22.2. The minimum atomic E-state index is -0.608. The van der Waals surface area contributed by atoms with Crippen LogP contribution in [0.4, 0.5) is 5.82 Å². The number of aliphatic hydroxyl groups is 1. The van der Waals surface area contributed by atoms with Crippen molar-refractivity contribution >= 4 is 35.2 Å². The molecule has 0 fully saturated rings. The molecule has 0 aliphatic heterocycles. The molecule has 0 unspecified atom stereocenters. The molecule has 0 aliphatic rings. The van der Waals surface area contributed by atoms with Crippen molar-refractivity contribution in [2.75, 3.05) is 26.0 Å². The number of esters is 1. The molecule has 10 nitrogen and oxygen atoms in total. The highest BCUT2D eigenvalue weighted by Crippen LogP contribution is 2.38. The summed E-state index contributed by atoms with van der Waals surface area (Å²) in [6.45, 7) is 9.69. The monoisotopic (exact) mass is 518 g/mol. The van der Waals surface area contributed by atoms with Crippen molar-refractivity contribution < 1.29 is 19.4 Å². The lowest BCUT2D eigenvalue weighted by Gasteiger charge is -2.20. The molecule has 0 saturated carbocycles. The summed E-state index contributed by atoms with van der Waals surface area (Å²) in [7, 11) is 1.72. The molecule has 4 N–H and O–H groups in total. The number of nitrogens with one attached hydrogen (secondary N) is 1. The van der Waals surface area contributed by atoms with E-state index in [4.69, 9.17) is 10.5 Å². The molecule has 3 rings (SSSR count). The summed E-state index contributed by atoms with van der Waals surface area (Å²) >= 11 is 0. The third-order valence-electron chi connectivity index (χ3n) is 5.81. The van der Waals surface area contributed by atoms with Gasteiger partial charge in [0.2, 0.25) is 0 Å². The number of hydrogen-bond acceptors (Lipinski definition) is 9. The Kier molecular flexibility index (Phi) is 10.9. The Morgan fingerprint density at radius 1 is 1.32 bits per heavy atom. The number of ether oxygens (including phenoxy) is 1. The van der Waals surface area contributed by atoms with Crippen LogP contribution in [-0.4, -0.2) is 57.7 Å². The number of nitrogens with two attached hydrogens (primary N) is 1. The van der Waals surface area contributed by atoms with Gasteiger partial charge in [0.15, 0.2) is 6.29 Å². The lowest BCUT2D eigenvalue weighted by atomic mass is 10.0. The lowest BCUT2D eigenvalue weighted by Crippen LogP contribution is -2.45. The number of likely N-dealkylation sites (N-methyl/N-ethyl adjacent to an activating group) is 1. The summed E-state index contributed by atoms with van der Waals surface area (Å²) in [4.78, 5) is 30.9. The van der Waals surface area contributed by atoms with Crippen LogP contribution in [0.25, 0.3) is 28.2 Å². The van der Waals surface area contributed by atoms with E-state index in [1.54, 1.807) is 27.0 Å². The molecule has 0 amide bonds. The number of fused-ring (bicyclic) bond motifs is 1. The molecular formula is C28H34N6O4. The number of aryl methyl sites for hydroxylation is 2. The first kappa shape index (κ1) is 29.9. The number of carbonyl (C=O) groups is 2. The van der Waals surface area contributed by atoms with Crippen molar-refractivity contribution in [3.63, 3.8) is 0 Å². The molecule has 2 heterocycles. The topological polar surface area (TPSA) is 156 Å². The number of rotatable bonds is 10. The molecule has 0 radical (unpaired) electrons. The number of nitrogens with zero attached hydrogens (tertiary/aromatic N) is 4. The van der Waals surface area contributed by atoms with Gasteiger partial charge in [-0.25, -0.2) is 9.97 Å². The van der Waals surface area contributed by atoms with Crippen LogP contribution in [0.15, 0.2) is 48.8 Å². The second-order valence-corrected chi connectivity index (χ2v) is 8.90. The van der Waals surface area contributed by atoms with E-state index in [2.05, 4.69) is 21.9 Å². The number of allylic oxidation sites excluding steroid dienone is 1. The smallest absolute Gasteiger partial charge is 0.326 e. The zero-order chi connectivity index (χ0) is 28.3. The summed E-state index contributed by atoms with van der Waals surface area (Å²) in [5.74, 6) is 0.0532. The Balaban J connectivity index is 0.000000391. The predicted octanol–water partition coefficient (Wildman–Crippen LogP) is 3.19. The predicted molar refractivity (Wildman–Crippen MR) is 148 cm³/mol. The van der Waals surface area contributed by atoms with Gasteiger partial charge in [-0.05, 0) is 45.9 Å². The summed E-state index contributed by atoms with van der Waals surface area (Å²) in [6.07, 6.45) is 5.46. The van der Waals surface area contributed by atoms with Crippen LogP contribution in [-0.2, 0) is 20.9 Å². The number of nitriles is 1. The van der Waals surface area contributed by atoms with Gasteiger partial charge >= 0.3 is 5.97 Å². The number of nitrogen functional groups attached to an aromatic ring is 1. The molecule has 10 heteroatoms. The van der Waals surface area contributed by atoms with Gasteiger partial charge in [-0.15, -0.1) is 0 Å². The first-order valence-electron chi connectivity index (χ1n) is 12.0. The van der Waals surface area contributed by atoms with Crippen molar-refractivity contribution in [2.24, 2.45) is 0 Å². The minimum absolute atomic E-state index is 0.00203. The van der Waals surface area contributed by atoms with Crippen molar-refractivity contribution in [3.8, 4) is 17.2 Å². The maximum Gasteiger partial charge on any atom is 0.326 e. The van der Waals surface area contributed by atoms with Gasteiger partial charge in [0.25, 0.3) is 0 Å². The lowest BCUT2D eigenvalue weighted by molar-refractivity contribution is -0.148. The maximum absolute atomic E-state index is 11.2. The Morgan fingerprint density at radius 3 is 2.55 bits per heavy atom. The molecule has 3 aromatic rings. The minimum Gasteiger partial charge on any atom is -0.460 e. The van der Waals surface area contributed by atoms with Crippen LogP contribution < -0.4 is 11.1 Å². The van der Waals surface area contributed by atoms with E-state index < -0.39 is 5.54 Å². The highest BCUT2D eigenvalue weighted by Gasteiger charge is 2.26. The van der Waals surface area contributed by atoms with Gasteiger partial charge in [0, 0.05) is 18.7 Å². The molecule has 1 aromatic carbocycles. The highest BCUT2D eigenvalue weighted by molar-refractivity contribution is 6.05. The molecule has 0 aliphatic carbocycles. The Morgan fingerprint density at radius 2 is 2.00 bits per heavy atom. The molecular weight excluding hydrogens is 484 g/mol. The van der Waals surface area contributed by atoms with E-state index in [0.717, 1.165) is 16.7 Å². The highest BCUT2D eigenvalue weighted by atomic mass is 16.5. The number of carbonyl (C=O) groups excluding carboxylic acids is 2. The van der Waals surface area contributed by atoms with Gasteiger partial charge in [-0.3, -0.25) is 9.59 Å². The molecule has 0 bridgehead atoms. The van der Waals surface area contributed by atoms with Crippen LogP contribution in [0, 0.1) is 18.3 Å². The largest absolute Gasteiger partial charge is 0.460 e. The van der Waals surface area contributed by atoms with E-state index in [9.17, 15) is 20.0 Å². The van der Waals surface area contributed by atoms with E-state index in [0.29, 0.717) is 41.8 Å². The normalized spacial score (nSPS) is 11.3. The number of aliphatic hydroxyl groups excluding tert-OH is 1. The summed E-state index contributed by atoms with van der Waals surface area (Å²) in [5, 5.41) is 22.0. The zero-order valence-corrected chi connectivity index (χ0v) is 22.2. The molecule has 200 valence electrons. The fraction of sp³-hybridized carbons (Fsp3) is 0.321. The molecule has 0 saturated heterocycles. The fourth-order valence-corrected chi connectivity index (χ4v) is 3.49. The van der Waals surface area contributed by atoms with E-state index in [-0.39, 0.29) is 24.8 Å². The summed E-state index contributed by atoms with van der Waals surface area (Å²) in [6, 6.07) is 9.76. The second kappa shape index (κ2) is 13.8. The number of aromatic nitrogens is 3. The first-order valence-corrected chi connectivity index (χ1v) is 12.0. The Labute approximate surface area is 222 Å². The van der Waals surface area contributed by atoms with E-state index in [1.807, 2.05) is 41.8 Å². The van der Waals surface area contributed by atoms with Crippen molar-refractivity contribution in [3.05, 3.63) is 60.1 Å². The van der Waals surface area contributed by atoms with Crippen LogP contribution in [0.5, 0.6) is 0 Å². The Hall–Kier alpha value is -4.33. The van der Waals surface area contributed by atoms with Crippen LogP contribution in [0.1, 0.15) is 31.5 Å². The van der Waals surface area contributed by atoms with Crippen molar-refractivity contribution in [1.82, 2.24) is 19.9 Å². The average molecular weight is 519 g/mol. The van der Waals surface area contributed by atoms with Gasteiger partial charge < -0.3 is 25.5 Å². The third kappa shape index (κ3) is 7.12. The molecule has 0 atom stereocenters. The Bertz CT molecular complexity index is 1350. The number of benzene rings is 1. The second-order valence-electron chi connectivity index (χ2n) is 8.90. The standard InChI is InChI=1S/C20H19N5O2.C8H15NO2/c1-13-3-5-15(6-4-13)17-16(9-14(10-21)11-27)25(7-2-8-26)20-18(17)19(22)23-12-24-20;1-5-6-11-7(10)8(2,3)9-4/h3-6,9,11-12,26H,2,7-8H2,1H3,(H2,22,23,24);5,9H,1,6H2,2-4H3/b14-9+;. The SMILES string of the molecule is C=CCOC(=O)C(C)(C)NC.Cc1ccc(-c2c(/C=C(\C#N)C=O)n(CCCO)c3ncnc(N)c23)cc1. The van der Waals surface area contributed by atoms with Crippen LogP contribution >= 0.6 is 0 Å². The van der Waals surface area contributed by atoms with Crippen LogP contribution in [0.2, 0.25) is 0 Å².